The largest absolute Gasteiger partial charge is 0.490 e. The van der Waals surface area contributed by atoms with Crippen LogP contribution < -0.4 is 4.74 Å². The Morgan fingerprint density at radius 2 is 1.79 bits per heavy atom. The predicted molar refractivity (Wildman–Crippen MR) is 116 cm³/mol. The Bertz CT molecular complexity index is 652. The highest BCUT2D eigenvalue weighted by molar-refractivity contribution is 6.30. The van der Waals surface area contributed by atoms with Gasteiger partial charge < -0.3 is 19.7 Å². The fraction of sp³-hybridized carbons (Fsp3) is 0.739. The van der Waals surface area contributed by atoms with Crippen molar-refractivity contribution in [2.75, 3.05) is 39.5 Å². The van der Waals surface area contributed by atoms with Crippen molar-refractivity contribution in [3.8, 4) is 5.75 Å². The van der Waals surface area contributed by atoms with Crippen molar-refractivity contribution in [3.05, 3.63) is 29.3 Å². The maximum atomic E-state index is 11.2. The third kappa shape index (κ3) is 6.56. The topological polar surface area (TPSA) is 62.2 Å². The second-order valence-electron chi connectivity index (χ2n) is 10.1. The first-order valence-corrected chi connectivity index (χ1v) is 11.1. The van der Waals surface area contributed by atoms with Crippen LogP contribution in [-0.2, 0) is 4.74 Å². The maximum absolute atomic E-state index is 11.2. The lowest BCUT2D eigenvalue weighted by molar-refractivity contribution is -0.0807. The second-order valence-corrected chi connectivity index (χ2v) is 10.5. The zero-order valence-electron chi connectivity index (χ0n) is 18.0. The summed E-state index contributed by atoms with van der Waals surface area (Å²) in [6.07, 6.45) is 3.72. The number of benzene rings is 1. The van der Waals surface area contributed by atoms with Gasteiger partial charge in [-0.25, -0.2) is 0 Å². The summed E-state index contributed by atoms with van der Waals surface area (Å²) in [5, 5.41) is 22.9. The lowest BCUT2D eigenvalue weighted by Crippen LogP contribution is -2.53. The molecule has 0 unspecified atom stereocenters. The fourth-order valence-electron chi connectivity index (χ4n) is 4.56. The van der Waals surface area contributed by atoms with Crippen molar-refractivity contribution in [3.63, 3.8) is 0 Å². The van der Waals surface area contributed by atoms with Crippen molar-refractivity contribution >= 4 is 11.6 Å². The van der Waals surface area contributed by atoms with Crippen LogP contribution in [0, 0.1) is 11.3 Å². The van der Waals surface area contributed by atoms with Crippen molar-refractivity contribution in [2.24, 2.45) is 11.3 Å². The Hall–Kier alpha value is -0.850. The third-order valence-electron chi connectivity index (χ3n) is 6.42. The first-order valence-electron chi connectivity index (χ1n) is 10.7. The molecule has 1 atom stereocenters. The first kappa shape index (κ1) is 22.8. The van der Waals surface area contributed by atoms with Crippen molar-refractivity contribution in [1.82, 2.24) is 4.90 Å². The molecule has 164 valence electrons. The lowest BCUT2D eigenvalue weighted by Gasteiger charge is -2.43. The standard InChI is InChI=1S/C23H36ClNO4/c1-21(2,3)18-8-10-22(26,11-9-18)14-25-12-13-28-16-23(27,15-25)17-29-20-6-4-19(24)5-7-20/h4-7,18,26-27H,8-17H2,1-3H3/t18?,22?,23-/m0/s1. The van der Waals surface area contributed by atoms with Gasteiger partial charge in [0.2, 0.25) is 0 Å². The van der Waals surface area contributed by atoms with E-state index < -0.39 is 11.2 Å². The summed E-state index contributed by atoms with van der Waals surface area (Å²) in [7, 11) is 0. The Balaban J connectivity index is 1.56. The fourth-order valence-corrected chi connectivity index (χ4v) is 4.69. The van der Waals surface area contributed by atoms with E-state index >= 15 is 0 Å². The molecule has 0 bridgehead atoms. The average Bonchev–Trinajstić information content (AvgIpc) is 2.82. The SMILES string of the molecule is CC(C)(C)C1CCC(O)(CN2CCOC[C@](O)(COc3ccc(Cl)cc3)C2)CC1. The van der Waals surface area contributed by atoms with Crippen LogP contribution in [-0.4, -0.2) is 65.8 Å². The summed E-state index contributed by atoms with van der Waals surface area (Å²) in [6, 6.07) is 7.11. The first-order chi connectivity index (χ1) is 13.6. The minimum absolute atomic E-state index is 0.135. The average molecular weight is 426 g/mol. The van der Waals surface area contributed by atoms with Crippen LogP contribution in [0.4, 0.5) is 0 Å². The van der Waals surface area contributed by atoms with Crippen molar-refractivity contribution in [2.45, 2.75) is 57.7 Å². The van der Waals surface area contributed by atoms with Crippen molar-refractivity contribution < 1.29 is 19.7 Å². The third-order valence-corrected chi connectivity index (χ3v) is 6.67. The van der Waals surface area contributed by atoms with Crippen LogP contribution in [0.1, 0.15) is 46.5 Å². The van der Waals surface area contributed by atoms with E-state index in [9.17, 15) is 10.2 Å². The molecule has 1 saturated carbocycles. The molecule has 1 aliphatic carbocycles. The second kappa shape index (κ2) is 9.11. The van der Waals surface area contributed by atoms with Gasteiger partial charge in [-0.05, 0) is 61.3 Å². The molecular formula is C23H36ClNO4. The molecule has 0 amide bonds. The summed E-state index contributed by atoms with van der Waals surface area (Å²) in [5.74, 6) is 1.32. The molecule has 1 aromatic rings. The minimum Gasteiger partial charge on any atom is -0.490 e. The van der Waals surface area contributed by atoms with Crippen LogP contribution in [0.25, 0.3) is 0 Å². The molecule has 2 N–H and O–H groups in total. The van der Waals surface area contributed by atoms with E-state index in [0.29, 0.717) is 42.9 Å². The zero-order chi connectivity index (χ0) is 21.1. The Morgan fingerprint density at radius 1 is 1.14 bits per heavy atom. The molecule has 0 radical (unpaired) electrons. The number of rotatable bonds is 5. The molecule has 29 heavy (non-hydrogen) atoms. The van der Waals surface area contributed by atoms with E-state index in [-0.39, 0.29) is 18.6 Å². The van der Waals surface area contributed by atoms with E-state index in [1.807, 2.05) is 0 Å². The molecule has 1 heterocycles. The number of β-amino-alcohol motifs (C(OH)–C–C–N with tert-alkyl or cyclic N) is 2. The molecule has 2 fully saturated rings. The van der Waals surface area contributed by atoms with Crippen LogP contribution >= 0.6 is 11.6 Å². The Morgan fingerprint density at radius 3 is 2.41 bits per heavy atom. The highest BCUT2D eigenvalue weighted by Crippen LogP contribution is 2.41. The minimum atomic E-state index is -1.12. The monoisotopic (exact) mass is 425 g/mol. The van der Waals surface area contributed by atoms with Gasteiger partial charge in [0.25, 0.3) is 0 Å². The molecule has 3 rings (SSSR count). The Labute approximate surface area is 180 Å². The summed E-state index contributed by atoms with van der Waals surface area (Å²) >= 11 is 5.91. The zero-order valence-corrected chi connectivity index (χ0v) is 18.7. The van der Waals surface area contributed by atoms with Gasteiger partial charge in [0.05, 0.1) is 18.8 Å². The predicted octanol–water partition coefficient (Wildman–Crippen LogP) is 3.75. The molecule has 0 spiro atoms. The van der Waals surface area contributed by atoms with Gasteiger partial charge in [0.1, 0.15) is 18.0 Å². The summed E-state index contributed by atoms with van der Waals surface area (Å²) < 4.78 is 11.5. The van der Waals surface area contributed by atoms with Crippen LogP contribution in [0.3, 0.4) is 0 Å². The number of hydrogen-bond acceptors (Lipinski definition) is 5. The van der Waals surface area contributed by atoms with Crippen molar-refractivity contribution in [1.29, 1.82) is 0 Å². The molecule has 5 nitrogen and oxygen atoms in total. The normalized spacial score (nSPS) is 32.0. The van der Waals surface area contributed by atoms with Gasteiger partial charge in [-0.3, -0.25) is 4.90 Å². The molecule has 0 aromatic heterocycles. The van der Waals surface area contributed by atoms with Gasteiger partial charge >= 0.3 is 0 Å². The quantitative estimate of drug-likeness (QED) is 0.752. The molecule has 1 aromatic carbocycles. The van der Waals surface area contributed by atoms with Crippen LogP contribution in [0.2, 0.25) is 5.02 Å². The smallest absolute Gasteiger partial charge is 0.134 e. The summed E-state index contributed by atoms with van der Waals surface area (Å²) in [4.78, 5) is 2.13. The summed E-state index contributed by atoms with van der Waals surface area (Å²) in [5.41, 5.74) is -1.52. The molecule has 1 aliphatic heterocycles. The van der Waals surface area contributed by atoms with Gasteiger partial charge in [-0.15, -0.1) is 0 Å². The van der Waals surface area contributed by atoms with E-state index in [2.05, 4.69) is 25.7 Å². The van der Waals surface area contributed by atoms with E-state index in [1.54, 1.807) is 24.3 Å². The highest BCUT2D eigenvalue weighted by atomic mass is 35.5. The van der Waals surface area contributed by atoms with Gasteiger partial charge in [-0.2, -0.15) is 0 Å². The van der Waals surface area contributed by atoms with E-state index in [0.717, 1.165) is 25.7 Å². The van der Waals surface area contributed by atoms with Gasteiger partial charge in [0.15, 0.2) is 0 Å². The number of aliphatic hydroxyl groups is 2. The van der Waals surface area contributed by atoms with Crippen LogP contribution in [0.15, 0.2) is 24.3 Å². The van der Waals surface area contributed by atoms with Crippen LogP contribution in [0.5, 0.6) is 5.75 Å². The molecule has 6 heteroatoms. The number of hydrogen-bond donors (Lipinski definition) is 2. The molecule has 2 aliphatic rings. The number of ether oxygens (including phenoxy) is 2. The maximum Gasteiger partial charge on any atom is 0.134 e. The number of nitrogens with zero attached hydrogens (tertiary/aromatic N) is 1. The summed E-state index contributed by atoms with van der Waals surface area (Å²) in [6.45, 7) is 9.45. The van der Waals surface area contributed by atoms with Gasteiger partial charge in [-0.1, -0.05) is 32.4 Å². The lowest BCUT2D eigenvalue weighted by atomic mass is 9.68. The van der Waals surface area contributed by atoms with E-state index in [4.69, 9.17) is 21.1 Å². The Kier molecular flexibility index (Phi) is 7.17. The number of halogens is 1. The molecule has 1 saturated heterocycles. The molecular weight excluding hydrogens is 390 g/mol. The van der Waals surface area contributed by atoms with Gasteiger partial charge in [0, 0.05) is 24.7 Å². The van der Waals surface area contributed by atoms with E-state index in [1.165, 1.54) is 0 Å². The highest BCUT2D eigenvalue weighted by Gasteiger charge is 2.41.